The van der Waals surface area contributed by atoms with Crippen LogP contribution >= 0.6 is 0 Å². The van der Waals surface area contributed by atoms with Crippen LogP contribution in [0, 0.1) is 5.92 Å². The zero-order valence-corrected chi connectivity index (χ0v) is 15.0. The molecule has 1 N–H and O–H groups in total. The number of hydrogen-bond donors (Lipinski definition) is 1. The van der Waals surface area contributed by atoms with E-state index < -0.39 is 5.60 Å². The molecule has 0 saturated carbocycles. The summed E-state index contributed by atoms with van der Waals surface area (Å²) in [6, 6.07) is 18.2. The lowest BCUT2D eigenvalue weighted by Gasteiger charge is -2.32. The fourth-order valence-corrected chi connectivity index (χ4v) is 3.83. The fraction of sp³-hybridized carbons (Fsp3) is 0.348. The van der Waals surface area contributed by atoms with Crippen molar-refractivity contribution in [2.75, 3.05) is 0 Å². The van der Waals surface area contributed by atoms with Crippen molar-refractivity contribution >= 4 is 5.78 Å². The number of carbonyl (C=O) groups is 1. The van der Waals surface area contributed by atoms with E-state index in [1.165, 1.54) is 0 Å². The Morgan fingerprint density at radius 2 is 1.60 bits per heavy atom. The Bertz CT molecular complexity index is 758. The number of unbranched alkanes of at least 4 members (excludes halogenated alkanes) is 2. The average molecular weight is 334 g/mol. The molecule has 25 heavy (non-hydrogen) atoms. The lowest BCUT2D eigenvalue weighted by Crippen LogP contribution is -2.35. The molecule has 1 aliphatic rings. The van der Waals surface area contributed by atoms with E-state index in [2.05, 4.69) is 19.1 Å². The van der Waals surface area contributed by atoms with Gasteiger partial charge in [0.15, 0.2) is 5.78 Å². The Morgan fingerprint density at radius 3 is 2.24 bits per heavy atom. The predicted molar refractivity (Wildman–Crippen MR) is 102 cm³/mol. The molecule has 0 aliphatic heterocycles. The molecule has 3 rings (SSSR count). The third-order valence-corrected chi connectivity index (χ3v) is 5.34. The molecule has 130 valence electrons. The third kappa shape index (κ3) is 3.32. The Kier molecular flexibility index (Phi) is 5.19. The topological polar surface area (TPSA) is 37.3 Å². The zero-order valence-electron chi connectivity index (χ0n) is 15.0. The van der Waals surface area contributed by atoms with Gasteiger partial charge in [-0.15, -0.1) is 0 Å². The van der Waals surface area contributed by atoms with Gasteiger partial charge >= 0.3 is 0 Å². The zero-order chi connectivity index (χ0) is 17.9. The first-order valence-electron chi connectivity index (χ1n) is 9.18. The number of allylic oxidation sites excluding steroid dienone is 1. The summed E-state index contributed by atoms with van der Waals surface area (Å²) in [6.07, 6.45) is 5.53. The van der Waals surface area contributed by atoms with Gasteiger partial charge in [0.05, 0.1) is 5.92 Å². The molecule has 2 nitrogen and oxygen atoms in total. The fourth-order valence-electron chi connectivity index (χ4n) is 3.83. The van der Waals surface area contributed by atoms with Crippen molar-refractivity contribution in [1.29, 1.82) is 0 Å². The monoisotopic (exact) mass is 334 g/mol. The summed E-state index contributed by atoms with van der Waals surface area (Å²) in [7, 11) is 0. The molecule has 2 atom stereocenters. The van der Waals surface area contributed by atoms with Gasteiger partial charge in [-0.1, -0.05) is 80.8 Å². The van der Waals surface area contributed by atoms with E-state index in [4.69, 9.17) is 0 Å². The Morgan fingerprint density at radius 1 is 0.960 bits per heavy atom. The summed E-state index contributed by atoms with van der Waals surface area (Å²) in [4.78, 5) is 12.4. The van der Waals surface area contributed by atoms with Crippen LogP contribution < -0.4 is 0 Å². The minimum Gasteiger partial charge on any atom is -0.380 e. The first-order chi connectivity index (χ1) is 12.1. The maximum absolute atomic E-state index is 12.4. The highest BCUT2D eigenvalue weighted by molar-refractivity contribution is 5.97. The molecule has 0 fully saturated rings. The first-order valence-corrected chi connectivity index (χ1v) is 9.18. The molecule has 0 saturated heterocycles. The SMILES string of the molecule is CCCCC[C@H]1C(=O)C=C(C)[C@@]1(O)c1ccc(-c2ccccc2)cc1. The Labute approximate surface area is 150 Å². The molecule has 2 aromatic rings. The van der Waals surface area contributed by atoms with Crippen LogP contribution in [0.2, 0.25) is 0 Å². The largest absolute Gasteiger partial charge is 0.380 e. The molecule has 0 radical (unpaired) electrons. The van der Waals surface area contributed by atoms with Gasteiger partial charge in [0.1, 0.15) is 5.60 Å². The van der Waals surface area contributed by atoms with Gasteiger partial charge in [-0.25, -0.2) is 0 Å². The van der Waals surface area contributed by atoms with Crippen LogP contribution in [0.4, 0.5) is 0 Å². The average Bonchev–Trinajstić information content (AvgIpc) is 2.86. The summed E-state index contributed by atoms with van der Waals surface area (Å²) < 4.78 is 0. The molecular weight excluding hydrogens is 308 g/mol. The van der Waals surface area contributed by atoms with Gasteiger partial charge in [-0.3, -0.25) is 4.79 Å². The minimum absolute atomic E-state index is 0.0586. The van der Waals surface area contributed by atoms with Crippen LogP contribution in [0.1, 0.15) is 45.1 Å². The number of aliphatic hydroxyl groups is 1. The van der Waals surface area contributed by atoms with Gasteiger partial charge in [0.25, 0.3) is 0 Å². The molecule has 2 aromatic carbocycles. The van der Waals surface area contributed by atoms with Gasteiger partial charge in [0.2, 0.25) is 0 Å². The number of benzene rings is 2. The first kappa shape index (κ1) is 17.6. The van der Waals surface area contributed by atoms with Crippen LogP contribution in [-0.2, 0) is 10.4 Å². The van der Waals surface area contributed by atoms with Crippen molar-refractivity contribution in [3.8, 4) is 11.1 Å². The van der Waals surface area contributed by atoms with Crippen molar-refractivity contribution in [1.82, 2.24) is 0 Å². The number of hydrogen-bond acceptors (Lipinski definition) is 2. The molecular formula is C23H26O2. The van der Waals surface area contributed by atoms with Gasteiger partial charge in [-0.2, -0.15) is 0 Å². The van der Waals surface area contributed by atoms with Crippen molar-refractivity contribution in [3.63, 3.8) is 0 Å². The summed E-state index contributed by atoms with van der Waals surface area (Å²) in [5.74, 6) is -0.301. The van der Waals surface area contributed by atoms with Crippen molar-refractivity contribution in [2.24, 2.45) is 5.92 Å². The normalized spacial score (nSPS) is 22.9. The van der Waals surface area contributed by atoms with E-state index in [1.807, 2.05) is 49.4 Å². The molecule has 1 aliphatic carbocycles. The second kappa shape index (κ2) is 7.37. The van der Waals surface area contributed by atoms with E-state index in [0.717, 1.165) is 47.9 Å². The van der Waals surface area contributed by atoms with Crippen molar-refractivity contribution < 1.29 is 9.90 Å². The molecule has 0 bridgehead atoms. The molecule has 0 aromatic heterocycles. The summed E-state index contributed by atoms with van der Waals surface area (Å²) in [5.41, 5.74) is 2.66. The Hall–Kier alpha value is -2.19. The van der Waals surface area contributed by atoms with Gasteiger partial charge in [-0.05, 0) is 41.7 Å². The lowest BCUT2D eigenvalue weighted by molar-refractivity contribution is -0.123. The molecule has 0 heterocycles. The maximum Gasteiger partial charge on any atom is 0.162 e. The number of rotatable bonds is 6. The van der Waals surface area contributed by atoms with Gasteiger partial charge in [0, 0.05) is 0 Å². The predicted octanol–water partition coefficient (Wildman–Crippen LogP) is 5.27. The quantitative estimate of drug-likeness (QED) is 0.731. The highest BCUT2D eigenvalue weighted by Gasteiger charge is 2.47. The molecule has 0 unspecified atom stereocenters. The van der Waals surface area contributed by atoms with Crippen LogP contribution in [0.5, 0.6) is 0 Å². The van der Waals surface area contributed by atoms with E-state index >= 15 is 0 Å². The maximum atomic E-state index is 12.4. The van der Waals surface area contributed by atoms with Crippen molar-refractivity contribution in [3.05, 3.63) is 71.8 Å². The van der Waals surface area contributed by atoms with E-state index in [-0.39, 0.29) is 11.7 Å². The molecule has 0 spiro atoms. The van der Waals surface area contributed by atoms with E-state index in [9.17, 15) is 9.90 Å². The number of ketones is 1. The van der Waals surface area contributed by atoms with Gasteiger partial charge < -0.3 is 5.11 Å². The smallest absolute Gasteiger partial charge is 0.162 e. The van der Waals surface area contributed by atoms with E-state index in [0.29, 0.717) is 0 Å². The second-order valence-corrected chi connectivity index (χ2v) is 6.99. The number of carbonyl (C=O) groups excluding carboxylic acids is 1. The van der Waals surface area contributed by atoms with E-state index in [1.54, 1.807) is 6.08 Å². The van der Waals surface area contributed by atoms with Crippen LogP contribution in [0.15, 0.2) is 66.2 Å². The summed E-state index contributed by atoms with van der Waals surface area (Å²) in [5, 5.41) is 11.4. The highest BCUT2D eigenvalue weighted by Crippen LogP contribution is 2.44. The van der Waals surface area contributed by atoms with Crippen LogP contribution in [0.25, 0.3) is 11.1 Å². The third-order valence-electron chi connectivity index (χ3n) is 5.34. The highest BCUT2D eigenvalue weighted by atomic mass is 16.3. The minimum atomic E-state index is -1.17. The van der Waals surface area contributed by atoms with Crippen LogP contribution in [-0.4, -0.2) is 10.9 Å². The summed E-state index contributed by atoms with van der Waals surface area (Å²) >= 11 is 0. The standard InChI is InChI=1S/C23H26O2/c1-3-4-6-11-21-22(24)16-17(2)23(21,25)20-14-12-19(13-15-20)18-9-7-5-8-10-18/h5,7-10,12-16,21,25H,3-4,6,11H2,1-2H3/t21-,23+/m0/s1. The van der Waals surface area contributed by atoms with Crippen molar-refractivity contribution in [2.45, 2.75) is 45.1 Å². The second-order valence-electron chi connectivity index (χ2n) is 6.99. The lowest BCUT2D eigenvalue weighted by atomic mass is 9.77. The van der Waals surface area contributed by atoms with Crippen LogP contribution in [0.3, 0.4) is 0 Å². The molecule has 0 amide bonds. The molecule has 2 heteroatoms. The Balaban J connectivity index is 1.89. The summed E-state index contributed by atoms with van der Waals surface area (Å²) in [6.45, 7) is 4.01.